The molecule has 8 heteroatoms. The van der Waals surface area contributed by atoms with Gasteiger partial charge in [0.05, 0.1) is 24.5 Å². The molecule has 3 rings (SSSR count). The predicted octanol–water partition coefficient (Wildman–Crippen LogP) is 0.983. The molecule has 0 N–H and O–H groups in total. The van der Waals surface area contributed by atoms with Crippen molar-refractivity contribution in [3.63, 3.8) is 0 Å². The first-order chi connectivity index (χ1) is 12.6. The van der Waals surface area contributed by atoms with E-state index >= 15 is 0 Å². The summed E-state index contributed by atoms with van der Waals surface area (Å²) < 4.78 is 6.26. The van der Waals surface area contributed by atoms with Gasteiger partial charge < -0.3 is 9.64 Å². The summed E-state index contributed by atoms with van der Waals surface area (Å²) in [7, 11) is 0. The van der Waals surface area contributed by atoms with Crippen LogP contribution in [0.1, 0.15) is 26.2 Å². The molecule has 1 aliphatic heterocycles. The lowest BCUT2D eigenvalue weighted by Crippen LogP contribution is -2.41. The number of esters is 1. The van der Waals surface area contributed by atoms with Crippen LogP contribution in [0.25, 0.3) is 10.9 Å². The minimum atomic E-state index is -0.246. The highest BCUT2D eigenvalue weighted by Crippen LogP contribution is 2.19. The highest BCUT2D eigenvalue weighted by Gasteiger charge is 2.28. The summed E-state index contributed by atoms with van der Waals surface area (Å²) in [6.45, 7) is 3.40. The lowest BCUT2D eigenvalue weighted by atomic mass is 9.97. The molecule has 2 aromatic rings. The Morgan fingerprint density at radius 3 is 2.69 bits per heavy atom. The van der Waals surface area contributed by atoms with E-state index in [1.54, 1.807) is 36.1 Å². The van der Waals surface area contributed by atoms with Crippen LogP contribution in [0.5, 0.6) is 0 Å². The molecule has 1 aliphatic rings. The quantitative estimate of drug-likeness (QED) is 0.740. The van der Waals surface area contributed by atoms with E-state index in [0.29, 0.717) is 43.4 Å². The summed E-state index contributed by atoms with van der Waals surface area (Å²) in [5, 5.41) is 8.41. The minimum Gasteiger partial charge on any atom is -0.466 e. The molecule has 8 nitrogen and oxygen atoms in total. The average Bonchev–Trinajstić information content (AvgIpc) is 2.68. The van der Waals surface area contributed by atoms with Gasteiger partial charge in [-0.25, -0.2) is 4.68 Å². The van der Waals surface area contributed by atoms with Crippen LogP contribution in [0.4, 0.5) is 0 Å². The lowest BCUT2D eigenvalue weighted by Gasteiger charge is -2.30. The lowest BCUT2D eigenvalue weighted by molar-refractivity contribution is -0.151. The normalized spacial score (nSPS) is 15.2. The molecule has 1 aromatic carbocycles. The highest BCUT2D eigenvalue weighted by atomic mass is 16.5. The van der Waals surface area contributed by atoms with Crippen LogP contribution in [0.3, 0.4) is 0 Å². The maximum absolute atomic E-state index is 12.4. The molecule has 0 spiro atoms. The number of fused-ring (bicyclic) bond motifs is 1. The molecule has 0 atom stereocenters. The third-order valence-electron chi connectivity index (χ3n) is 4.63. The second-order valence-electron chi connectivity index (χ2n) is 6.29. The Morgan fingerprint density at radius 1 is 1.23 bits per heavy atom. The monoisotopic (exact) mass is 358 g/mol. The Bertz CT molecular complexity index is 856. The Morgan fingerprint density at radius 2 is 1.96 bits per heavy atom. The molecule has 26 heavy (non-hydrogen) atoms. The third kappa shape index (κ3) is 3.89. The van der Waals surface area contributed by atoms with Crippen molar-refractivity contribution in [2.45, 2.75) is 32.7 Å². The first-order valence-electron chi connectivity index (χ1n) is 8.87. The highest BCUT2D eigenvalue weighted by molar-refractivity contribution is 5.78. The fourth-order valence-corrected chi connectivity index (χ4v) is 3.15. The number of ether oxygens (including phenoxy) is 1. The summed E-state index contributed by atoms with van der Waals surface area (Å²) >= 11 is 0. The molecule has 0 unspecified atom stereocenters. The zero-order valence-corrected chi connectivity index (χ0v) is 14.8. The molecule has 1 fully saturated rings. The smallest absolute Gasteiger partial charge is 0.309 e. The Balaban J connectivity index is 1.56. The van der Waals surface area contributed by atoms with E-state index < -0.39 is 0 Å². The number of likely N-dealkylation sites (tertiary alicyclic amines) is 1. The SMILES string of the molecule is CCOC(=O)C1CCN(C(=O)CCn2nnc3ccccc3c2=O)CC1. The van der Waals surface area contributed by atoms with E-state index in [1.807, 2.05) is 0 Å². The zero-order chi connectivity index (χ0) is 18.5. The van der Waals surface area contributed by atoms with E-state index in [4.69, 9.17) is 4.74 Å². The van der Waals surface area contributed by atoms with Crippen molar-refractivity contribution in [1.82, 2.24) is 19.9 Å². The number of aryl methyl sites for hydroxylation is 1. The van der Waals surface area contributed by atoms with Gasteiger partial charge in [0.15, 0.2) is 0 Å². The van der Waals surface area contributed by atoms with Crippen LogP contribution >= 0.6 is 0 Å². The van der Waals surface area contributed by atoms with Crippen molar-refractivity contribution in [2.75, 3.05) is 19.7 Å². The zero-order valence-electron chi connectivity index (χ0n) is 14.8. The summed E-state index contributed by atoms with van der Waals surface area (Å²) in [5.41, 5.74) is 0.297. The number of carbonyl (C=O) groups is 2. The summed E-state index contributed by atoms with van der Waals surface area (Å²) in [6, 6.07) is 7.00. The Hall–Kier alpha value is -2.77. The van der Waals surface area contributed by atoms with E-state index in [9.17, 15) is 14.4 Å². The van der Waals surface area contributed by atoms with Crippen molar-refractivity contribution < 1.29 is 14.3 Å². The van der Waals surface area contributed by atoms with E-state index in [-0.39, 0.29) is 36.3 Å². The number of carbonyl (C=O) groups excluding carboxylic acids is 2. The van der Waals surface area contributed by atoms with Gasteiger partial charge in [-0.3, -0.25) is 14.4 Å². The molecular formula is C18H22N4O4. The van der Waals surface area contributed by atoms with E-state index in [2.05, 4.69) is 10.3 Å². The molecule has 0 aliphatic carbocycles. The number of hydrogen-bond acceptors (Lipinski definition) is 6. The molecule has 1 saturated heterocycles. The fraction of sp³-hybridized carbons (Fsp3) is 0.500. The topological polar surface area (TPSA) is 94.4 Å². The Kier molecular flexibility index (Phi) is 5.60. The van der Waals surface area contributed by atoms with Crippen molar-refractivity contribution in [1.29, 1.82) is 0 Å². The van der Waals surface area contributed by atoms with Gasteiger partial charge in [0.25, 0.3) is 5.56 Å². The second-order valence-corrected chi connectivity index (χ2v) is 6.29. The molecule has 1 aromatic heterocycles. The number of nitrogens with zero attached hydrogens (tertiary/aromatic N) is 4. The standard InChI is InChI=1S/C18H22N4O4/c1-2-26-18(25)13-7-10-21(11-8-13)16(23)9-12-22-17(24)14-5-3-4-6-15(14)19-20-22/h3-6,13H,2,7-12H2,1H3. The number of amides is 1. The molecule has 138 valence electrons. The number of piperidine rings is 1. The maximum Gasteiger partial charge on any atom is 0.309 e. The van der Waals surface area contributed by atoms with Gasteiger partial charge in [0.2, 0.25) is 5.91 Å². The van der Waals surface area contributed by atoms with Crippen molar-refractivity contribution in [3.05, 3.63) is 34.6 Å². The first-order valence-corrected chi connectivity index (χ1v) is 8.87. The van der Waals surface area contributed by atoms with Crippen LogP contribution < -0.4 is 5.56 Å². The molecule has 2 heterocycles. The van der Waals surface area contributed by atoms with Gasteiger partial charge in [0, 0.05) is 19.5 Å². The molecule has 0 saturated carbocycles. The average molecular weight is 358 g/mol. The van der Waals surface area contributed by atoms with Gasteiger partial charge in [-0.2, -0.15) is 0 Å². The number of rotatable bonds is 5. The summed E-state index contributed by atoms with van der Waals surface area (Å²) in [6.07, 6.45) is 1.40. The van der Waals surface area contributed by atoms with Crippen molar-refractivity contribution in [2.24, 2.45) is 5.92 Å². The fourth-order valence-electron chi connectivity index (χ4n) is 3.15. The molecule has 0 bridgehead atoms. The van der Waals surface area contributed by atoms with Crippen molar-refractivity contribution in [3.8, 4) is 0 Å². The summed E-state index contributed by atoms with van der Waals surface area (Å²) in [5.74, 6) is -0.361. The van der Waals surface area contributed by atoms with E-state index in [0.717, 1.165) is 0 Å². The van der Waals surface area contributed by atoms with Gasteiger partial charge in [-0.15, -0.1) is 5.10 Å². The minimum absolute atomic E-state index is 0.0471. The van der Waals surface area contributed by atoms with Gasteiger partial charge in [-0.1, -0.05) is 17.3 Å². The van der Waals surface area contributed by atoms with Gasteiger partial charge >= 0.3 is 5.97 Å². The molecular weight excluding hydrogens is 336 g/mol. The third-order valence-corrected chi connectivity index (χ3v) is 4.63. The maximum atomic E-state index is 12.4. The molecule has 1 amide bonds. The number of benzene rings is 1. The van der Waals surface area contributed by atoms with Crippen molar-refractivity contribution >= 4 is 22.8 Å². The number of hydrogen-bond donors (Lipinski definition) is 0. The Labute approximate surface area is 150 Å². The van der Waals surface area contributed by atoms with Crippen LogP contribution in [0, 0.1) is 5.92 Å². The van der Waals surface area contributed by atoms with E-state index in [1.165, 1.54) is 4.68 Å². The van der Waals surface area contributed by atoms with Gasteiger partial charge in [0.1, 0.15) is 5.52 Å². The van der Waals surface area contributed by atoms with Crippen LogP contribution in [0.15, 0.2) is 29.1 Å². The van der Waals surface area contributed by atoms with Gasteiger partial charge in [-0.05, 0) is 31.9 Å². The predicted molar refractivity (Wildman–Crippen MR) is 94.4 cm³/mol. The summed E-state index contributed by atoms with van der Waals surface area (Å²) in [4.78, 5) is 38.3. The van der Waals surface area contributed by atoms with Crippen LogP contribution in [-0.2, 0) is 20.9 Å². The molecule has 0 radical (unpaired) electrons. The second kappa shape index (κ2) is 8.07. The first kappa shape index (κ1) is 18.0. The number of aromatic nitrogens is 3. The largest absolute Gasteiger partial charge is 0.466 e. The van der Waals surface area contributed by atoms with Crippen LogP contribution in [-0.4, -0.2) is 51.5 Å². The van der Waals surface area contributed by atoms with Crippen LogP contribution in [0.2, 0.25) is 0 Å².